The van der Waals surface area contributed by atoms with Crippen LogP contribution in [0.5, 0.6) is 0 Å². The molecule has 2 amide bonds. The Labute approximate surface area is 157 Å². The second-order valence-electron chi connectivity index (χ2n) is 6.72. The highest BCUT2D eigenvalue weighted by atomic mass is 32.2. The molecule has 3 rings (SSSR count). The largest absolute Gasteiger partial charge is 0.345 e. The fourth-order valence-electron chi connectivity index (χ4n) is 3.33. The number of carbonyl (C=O) groups is 2. The summed E-state index contributed by atoms with van der Waals surface area (Å²) in [6, 6.07) is 7.72. The first kappa shape index (κ1) is 18.5. The second kappa shape index (κ2) is 7.95. The van der Waals surface area contributed by atoms with Crippen LogP contribution in [0, 0.1) is 0 Å². The molecule has 26 heavy (non-hydrogen) atoms. The molecule has 0 spiro atoms. The van der Waals surface area contributed by atoms with Gasteiger partial charge in [0.1, 0.15) is 0 Å². The molecule has 1 N–H and O–H groups in total. The molecule has 138 valence electrons. The molecule has 1 aromatic heterocycles. The van der Waals surface area contributed by atoms with E-state index in [1.54, 1.807) is 37.0 Å². The summed E-state index contributed by atoms with van der Waals surface area (Å²) < 4.78 is 0. The van der Waals surface area contributed by atoms with Crippen molar-refractivity contribution < 1.29 is 9.59 Å². The third-order valence-corrected chi connectivity index (χ3v) is 5.50. The highest BCUT2D eigenvalue weighted by molar-refractivity contribution is 7.98. The average Bonchev–Trinajstić information content (AvgIpc) is 3.16. The minimum absolute atomic E-state index is 0.0438. The van der Waals surface area contributed by atoms with E-state index in [4.69, 9.17) is 0 Å². The molecule has 1 fully saturated rings. The van der Waals surface area contributed by atoms with E-state index in [0.717, 1.165) is 30.0 Å². The maximum atomic E-state index is 12.9. The van der Waals surface area contributed by atoms with Crippen LogP contribution >= 0.6 is 11.8 Å². The molecule has 1 aromatic carbocycles. The van der Waals surface area contributed by atoms with Crippen LogP contribution in [0.1, 0.15) is 45.2 Å². The van der Waals surface area contributed by atoms with Crippen molar-refractivity contribution in [2.24, 2.45) is 0 Å². The molecular weight excluding hydrogens is 348 g/mol. The number of benzene rings is 1. The van der Waals surface area contributed by atoms with Gasteiger partial charge in [-0.25, -0.2) is 0 Å². The summed E-state index contributed by atoms with van der Waals surface area (Å²) in [5, 5.41) is 7.06. The first-order valence-corrected chi connectivity index (χ1v) is 9.92. The summed E-state index contributed by atoms with van der Waals surface area (Å²) in [5.74, 6) is 0.0757. The maximum absolute atomic E-state index is 12.9. The van der Waals surface area contributed by atoms with Gasteiger partial charge in [-0.15, -0.1) is 11.8 Å². The number of thioether (sulfide) groups is 1. The number of rotatable bonds is 4. The van der Waals surface area contributed by atoms with E-state index >= 15 is 0 Å². The molecule has 6 nitrogen and oxygen atoms in total. The number of piperidine rings is 1. The Hall–Kier alpha value is -2.28. The first-order valence-electron chi connectivity index (χ1n) is 8.69. The number of carbonyl (C=O) groups excluding carboxylic acids is 2. The standard InChI is InChI=1S/C19H24N4O2S/c1-22(2)19(25)16-11-20-21-17(16)14-5-4-10-23(12-14)18(24)13-6-8-15(26-3)9-7-13/h6-9,11,14H,4-5,10,12H2,1-3H3,(H,20,21). The second-order valence-corrected chi connectivity index (χ2v) is 7.60. The van der Waals surface area contributed by atoms with Crippen molar-refractivity contribution in [2.45, 2.75) is 23.7 Å². The Balaban J connectivity index is 1.76. The average molecular weight is 372 g/mol. The predicted molar refractivity (Wildman–Crippen MR) is 103 cm³/mol. The van der Waals surface area contributed by atoms with E-state index in [2.05, 4.69) is 10.2 Å². The zero-order valence-corrected chi connectivity index (χ0v) is 16.2. The molecule has 1 aliphatic rings. The fraction of sp³-hybridized carbons (Fsp3) is 0.421. The third-order valence-electron chi connectivity index (χ3n) is 4.76. The molecular formula is C19H24N4O2S. The highest BCUT2D eigenvalue weighted by Crippen LogP contribution is 2.29. The van der Waals surface area contributed by atoms with Crippen molar-refractivity contribution in [3.05, 3.63) is 47.3 Å². The Morgan fingerprint density at radius 1 is 1.27 bits per heavy atom. The van der Waals surface area contributed by atoms with E-state index < -0.39 is 0 Å². The minimum atomic E-state index is -0.0649. The Morgan fingerprint density at radius 2 is 2.00 bits per heavy atom. The van der Waals surface area contributed by atoms with Gasteiger partial charge in [-0.1, -0.05) is 0 Å². The van der Waals surface area contributed by atoms with Crippen LogP contribution in [0.3, 0.4) is 0 Å². The number of likely N-dealkylation sites (tertiary alicyclic amines) is 1. The molecule has 1 unspecified atom stereocenters. The molecule has 1 saturated heterocycles. The zero-order valence-electron chi connectivity index (χ0n) is 15.4. The number of aromatic amines is 1. The molecule has 1 aliphatic heterocycles. The molecule has 2 heterocycles. The van der Waals surface area contributed by atoms with Gasteiger partial charge in [0.2, 0.25) is 0 Å². The van der Waals surface area contributed by atoms with Gasteiger partial charge in [-0.3, -0.25) is 14.7 Å². The summed E-state index contributed by atoms with van der Waals surface area (Å²) in [5.41, 5.74) is 2.13. The van der Waals surface area contributed by atoms with E-state index in [9.17, 15) is 9.59 Å². The van der Waals surface area contributed by atoms with Crippen LogP contribution in [0.4, 0.5) is 0 Å². The molecule has 0 radical (unpaired) electrons. The summed E-state index contributed by atoms with van der Waals surface area (Å²) in [6.07, 6.45) is 5.45. The summed E-state index contributed by atoms with van der Waals surface area (Å²) >= 11 is 1.66. The van der Waals surface area contributed by atoms with Gasteiger partial charge in [0.25, 0.3) is 11.8 Å². The Morgan fingerprint density at radius 3 is 2.65 bits per heavy atom. The number of amides is 2. The number of hydrogen-bond donors (Lipinski definition) is 1. The monoisotopic (exact) mass is 372 g/mol. The number of hydrogen-bond acceptors (Lipinski definition) is 4. The lowest BCUT2D eigenvalue weighted by molar-refractivity contribution is 0.0705. The van der Waals surface area contributed by atoms with Crippen LogP contribution in [0.15, 0.2) is 35.4 Å². The molecule has 7 heteroatoms. The van der Waals surface area contributed by atoms with Gasteiger partial charge in [-0.05, 0) is 43.4 Å². The van der Waals surface area contributed by atoms with Gasteiger partial charge >= 0.3 is 0 Å². The van der Waals surface area contributed by atoms with E-state index in [0.29, 0.717) is 17.7 Å². The van der Waals surface area contributed by atoms with Gasteiger partial charge < -0.3 is 9.80 Å². The van der Waals surface area contributed by atoms with Crippen molar-refractivity contribution in [2.75, 3.05) is 33.4 Å². The molecule has 2 aromatic rings. The molecule has 0 saturated carbocycles. The third kappa shape index (κ3) is 3.77. The first-order chi connectivity index (χ1) is 12.5. The SMILES string of the molecule is CSc1ccc(C(=O)N2CCCC(c3[nH]ncc3C(=O)N(C)C)C2)cc1. The normalized spacial score (nSPS) is 17.2. The van der Waals surface area contributed by atoms with Crippen molar-refractivity contribution in [3.63, 3.8) is 0 Å². The lowest BCUT2D eigenvalue weighted by atomic mass is 9.92. The van der Waals surface area contributed by atoms with E-state index in [-0.39, 0.29) is 17.7 Å². The van der Waals surface area contributed by atoms with Gasteiger partial charge in [-0.2, -0.15) is 5.10 Å². The zero-order chi connectivity index (χ0) is 18.7. The molecule has 1 atom stereocenters. The Kier molecular flexibility index (Phi) is 5.66. The van der Waals surface area contributed by atoms with Gasteiger partial charge in [0, 0.05) is 43.6 Å². The van der Waals surface area contributed by atoms with Crippen molar-refractivity contribution in [1.82, 2.24) is 20.0 Å². The van der Waals surface area contributed by atoms with Crippen LogP contribution in [0.25, 0.3) is 0 Å². The van der Waals surface area contributed by atoms with Crippen LogP contribution in [-0.2, 0) is 0 Å². The predicted octanol–water partition coefficient (Wildman–Crippen LogP) is 2.85. The van der Waals surface area contributed by atoms with E-state index in [1.165, 1.54) is 0 Å². The molecule has 0 aliphatic carbocycles. The van der Waals surface area contributed by atoms with Gasteiger partial charge in [0.05, 0.1) is 17.5 Å². The topological polar surface area (TPSA) is 69.3 Å². The van der Waals surface area contributed by atoms with Gasteiger partial charge in [0.15, 0.2) is 0 Å². The Bertz CT molecular complexity index is 785. The van der Waals surface area contributed by atoms with Crippen molar-refractivity contribution in [1.29, 1.82) is 0 Å². The van der Waals surface area contributed by atoms with Crippen molar-refractivity contribution in [3.8, 4) is 0 Å². The van der Waals surface area contributed by atoms with Crippen LogP contribution in [0.2, 0.25) is 0 Å². The number of nitrogens with zero attached hydrogens (tertiary/aromatic N) is 3. The number of aromatic nitrogens is 2. The smallest absolute Gasteiger partial charge is 0.256 e. The lowest BCUT2D eigenvalue weighted by Crippen LogP contribution is -2.39. The van der Waals surface area contributed by atoms with Crippen LogP contribution < -0.4 is 0 Å². The quantitative estimate of drug-likeness (QED) is 0.838. The fourth-order valence-corrected chi connectivity index (χ4v) is 3.74. The minimum Gasteiger partial charge on any atom is -0.345 e. The summed E-state index contributed by atoms with van der Waals surface area (Å²) in [7, 11) is 3.46. The number of nitrogens with one attached hydrogen (secondary N) is 1. The summed E-state index contributed by atoms with van der Waals surface area (Å²) in [4.78, 5) is 29.8. The lowest BCUT2D eigenvalue weighted by Gasteiger charge is -2.33. The maximum Gasteiger partial charge on any atom is 0.256 e. The number of H-pyrrole nitrogens is 1. The summed E-state index contributed by atoms with van der Waals surface area (Å²) in [6.45, 7) is 1.34. The van der Waals surface area contributed by atoms with Crippen molar-refractivity contribution >= 4 is 23.6 Å². The van der Waals surface area contributed by atoms with E-state index in [1.807, 2.05) is 35.4 Å². The van der Waals surface area contributed by atoms with Crippen LogP contribution in [-0.4, -0.2) is 65.3 Å². The molecule has 0 bridgehead atoms. The highest BCUT2D eigenvalue weighted by Gasteiger charge is 2.29.